The van der Waals surface area contributed by atoms with Crippen LogP contribution >= 0.6 is 0 Å². The number of pyridine rings is 1. The number of nitrogens with zero attached hydrogens (tertiary/aromatic N) is 4. The van der Waals surface area contributed by atoms with Gasteiger partial charge in [0.25, 0.3) is 5.91 Å². The minimum atomic E-state index is -0.742. The zero-order valence-corrected chi connectivity index (χ0v) is 18.1. The number of hydrogen-bond donors (Lipinski definition) is 0. The summed E-state index contributed by atoms with van der Waals surface area (Å²) < 4.78 is 5.20. The molecule has 0 atom stereocenters. The molecule has 2 aliphatic rings. The van der Waals surface area contributed by atoms with Gasteiger partial charge in [0.05, 0.1) is 6.54 Å². The molecule has 0 unspecified atom stereocenters. The van der Waals surface area contributed by atoms with Crippen LogP contribution in [-0.4, -0.2) is 70.5 Å². The summed E-state index contributed by atoms with van der Waals surface area (Å²) in [6.07, 6.45) is 5.64. The predicted octanol–water partition coefficient (Wildman–Crippen LogP) is 2.92. The van der Waals surface area contributed by atoms with E-state index in [-0.39, 0.29) is 11.9 Å². The minimum absolute atomic E-state index is 0.0534. The molecule has 164 valence electrons. The summed E-state index contributed by atoms with van der Waals surface area (Å²) in [5.74, 6) is -0.0534. The minimum Gasteiger partial charge on any atom is -0.385 e. The van der Waals surface area contributed by atoms with Gasteiger partial charge in [0.1, 0.15) is 5.54 Å². The van der Waals surface area contributed by atoms with Gasteiger partial charge in [-0.15, -0.1) is 0 Å². The number of aromatic nitrogens is 1. The first-order valence-electron chi connectivity index (χ1n) is 10.9. The zero-order valence-electron chi connectivity index (χ0n) is 18.1. The SMILES string of the molecule is COCCCN1C(=O)N(Cc2ccccc2)C(=O)C12CCN(Cc1ccncc1)CC2. The van der Waals surface area contributed by atoms with E-state index in [1.165, 1.54) is 10.5 Å². The molecule has 0 N–H and O–H groups in total. The maximum Gasteiger partial charge on any atom is 0.327 e. The topological polar surface area (TPSA) is 66.0 Å². The second kappa shape index (κ2) is 9.58. The number of rotatable bonds is 8. The lowest BCUT2D eigenvalue weighted by Gasteiger charge is -2.42. The van der Waals surface area contributed by atoms with Gasteiger partial charge >= 0.3 is 6.03 Å². The summed E-state index contributed by atoms with van der Waals surface area (Å²) in [7, 11) is 1.66. The zero-order chi connectivity index (χ0) is 21.7. The van der Waals surface area contributed by atoms with Crippen molar-refractivity contribution in [1.82, 2.24) is 19.7 Å². The van der Waals surface area contributed by atoms with E-state index in [1.54, 1.807) is 19.5 Å². The Morgan fingerprint density at radius 2 is 1.65 bits per heavy atom. The number of hydrogen-bond acceptors (Lipinski definition) is 5. The highest BCUT2D eigenvalue weighted by molar-refractivity contribution is 6.07. The van der Waals surface area contributed by atoms with Crippen molar-refractivity contribution < 1.29 is 14.3 Å². The second-order valence-electron chi connectivity index (χ2n) is 8.32. The molecule has 4 rings (SSSR count). The molecule has 31 heavy (non-hydrogen) atoms. The molecule has 2 aliphatic heterocycles. The van der Waals surface area contributed by atoms with Crippen molar-refractivity contribution in [1.29, 1.82) is 0 Å². The van der Waals surface area contributed by atoms with Crippen molar-refractivity contribution in [2.45, 2.75) is 37.9 Å². The second-order valence-corrected chi connectivity index (χ2v) is 8.32. The van der Waals surface area contributed by atoms with E-state index in [0.29, 0.717) is 32.5 Å². The first kappa shape index (κ1) is 21.5. The highest BCUT2D eigenvalue weighted by Crippen LogP contribution is 2.38. The van der Waals surface area contributed by atoms with Crippen LogP contribution in [-0.2, 0) is 22.6 Å². The Morgan fingerprint density at radius 3 is 2.32 bits per heavy atom. The van der Waals surface area contributed by atoms with Crippen molar-refractivity contribution >= 4 is 11.9 Å². The number of likely N-dealkylation sites (tertiary alicyclic amines) is 1. The van der Waals surface area contributed by atoms with Gasteiger partial charge in [-0.05, 0) is 42.5 Å². The van der Waals surface area contributed by atoms with Crippen LogP contribution in [0.2, 0.25) is 0 Å². The molecule has 1 aromatic heterocycles. The predicted molar refractivity (Wildman–Crippen MR) is 117 cm³/mol. The van der Waals surface area contributed by atoms with Crippen LogP contribution in [0.1, 0.15) is 30.4 Å². The molecule has 0 bridgehead atoms. The Labute approximate surface area is 183 Å². The number of imide groups is 1. The molecular formula is C24H30N4O3. The molecule has 3 heterocycles. The van der Waals surface area contributed by atoms with Gasteiger partial charge in [-0.1, -0.05) is 30.3 Å². The fourth-order valence-electron chi connectivity index (χ4n) is 4.68. The Morgan fingerprint density at radius 1 is 0.968 bits per heavy atom. The van der Waals surface area contributed by atoms with E-state index < -0.39 is 5.54 Å². The normalized spacial score (nSPS) is 18.9. The maximum atomic E-state index is 13.6. The van der Waals surface area contributed by atoms with Crippen LogP contribution in [0.15, 0.2) is 54.9 Å². The summed E-state index contributed by atoms with van der Waals surface area (Å²) in [6.45, 7) is 3.82. The molecule has 7 nitrogen and oxygen atoms in total. The average Bonchev–Trinajstić information content (AvgIpc) is 2.99. The number of piperidine rings is 1. The number of benzene rings is 1. The summed E-state index contributed by atoms with van der Waals surface area (Å²) >= 11 is 0. The van der Waals surface area contributed by atoms with E-state index >= 15 is 0 Å². The number of urea groups is 1. The van der Waals surface area contributed by atoms with Gasteiger partial charge in [-0.3, -0.25) is 19.6 Å². The van der Waals surface area contributed by atoms with Crippen molar-refractivity contribution in [3.8, 4) is 0 Å². The molecule has 1 spiro atoms. The largest absolute Gasteiger partial charge is 0.385 e. The van der Waals surface area contributed by atoms with Crippen LogP contribution in [0.5, 0.6) is 0 Å². The standard InChI is InChI=1S/C24H30N4O3/c1-31-17-5-14-28-23(30)27(19-20-6-3-2-4-7-20)22(29)24(28)10-15-26(16-11-24)18-21-8-12-25-13-9-21/h2-4,6-9,12-13H,5,10-11,14-19H2,1H3. The smallest absolute Gasteiger partial charge is 0.327 e. The summed E-state index contributed by atoms with van der Waals surface area (Å²) in [4.78, 5) is 36.6. The van der Waals surface area contributed by atoms with Crippen LogP contribution in [0, 0.1) is 0 Å². The molecule has 0 radical (unpaired) electrons. The van der Waals surface area contributed by atoms with Gasteiger partial charge in [-0.2, -0.15) is 0 Å². The number of amides is 3. The third-order valence-corrected chi connectivity index (χ3v) is 6.37. The third-order valence-electron chi connectivity index (χ3n) is 6.37. The fourth-order valence-corrected chi connectivity index (χ4v) is 4.68. The number of carbonyl (C=O) groups is 2. The van der Waals surface area contributed by atoms with Crippen LogP contribution in [0.3, 0.4) is 0 Å². The van der Waals surface area contributed by atoms with E-state index in [9.17, 15) is 9.59 Å². The van der Waals surface area contributed by atoms with Crippen molar-refractivity contribution in [3.63, 3.8) is 0 Å². The average molecular weight is 423 g/mol. The quantitative estimate of drug-likeness (QED) is 0.483. The Kier molecular flexibility index (Phi) is 6.63. The first-order valence-corrected chi connectivity index (χ1v) is 10.9. The lowest BCUT2D eigenvalue weighted by molar-refractivity contribution is -0.136. The summed E-state index contributed by atoms with van der Waals surface area (Å²) in [5, 5.41) is 0. The molecule has 1 aromatic carbocycles. The Balaban J connectivity index is 1.50. The third kappa shape index (κ3) is 4.48. The highest BCUT2D eigenvalue weighted by atomic mass is 16.5. The molecule has 0 aliphatic carbocycles. The molecule has 7 heteroatoms. The van der Waals surface area contributed by atoms with Crippen LogP contribution < -0.4 is 0 Å². The van der Waals surface area contributed by atoms with Gasteiger partial charge in [-0.25, -0.2) is 4.79 Å². The van der Waals surface area contributed by atoms with Gasteiger partial charge in [0.2, 0.25) is 0 Å². The fraction of sp³-hybridized carbons (Fsp3) is 0.458. The van der Waals surface area contributed by atoms with Crippen LogP contribution in [0.4, 0.5) is 4.79 Å². The Bertz CT molecular complexity index is 882. The molecule has 2 aromatic rings. The number of ether oxygens (including phenoxy) is 1. The Hall–Kier alpha value is -2.77. The van der Waals surface area contributed by atoms with Crippen LogP contribution in [0.25, 0.3) is 0 Å². The lowest BCUT2D eigenvalue weighted by Crippen LogP contribution is -2.56. The van der Waals surface area contributed by atoms with Crippen molar-refractivity contribution in [3.05, 3.63) is 66.0 Å². The molecule has 2 fully saturated rings. The summed E-state index contributed by atoms with van der Waals surface area (Å²) in [6, 6.07) is 13.6. The van der Waals surface area contributed by atoms with E-state index in [4.69, 9.17) is 4.74 Å². The summed E-state index contributed by atoms with van der Waals surface area (Å²) in [5.41, 5.74) is 1.43. The van der Waals surface area contributed by atoms with Crippen molar-refractivity contribution in [2.24, 2.45) is 0 Å². The van der Waals surface area contributed by atoms with Gasteiger partial charge in [0.15, 0.2) is 0 Å². The van der Waals surface area contributed by atoms with Gasteiger partial charge in [0, 0.05) is 52.3 Å². The van der Waals surface area contributed by atoms with Gasteiger partial charge < -0.3 is 9.64 Å². The van der Waals surface area contributed by atoms with E-state index in [2.05, 4.69) is 9.88 Å². The number of carbonyl (C=O) groups excluding carboxylic acids is 2. The van der Waals surface area contributed by atoms with E-state index in [0.717, 1.165) is 31.6 Å². The highest BCUT2D eigenvalue weighted by Gasteiger charge is 2.57. The molecule has 2 saturated heterocycles. The first-order chi connectivity index (χ1) is 15.1. The monoisotopic (exact) mass is 422 g/mol. The molecule has 3 amide bonds. The van der Waals surface area contributed by atoms with Crippen molar-refractivity contribution in [2.75, 3.05) is 33.4 Å². The van der Waals surface area contributed by atoms with E-state index in [1.807, 2.05) is 47.4 Å². The maximum absolute atomic E-state index is 13.6. The molecular weight excluding hydrogens is 392 g/mol. The molecule has 0 saturated carbocycles. The lowest BCUT2D eigenvalue weighted by atomic mass is 9.85. The number of methoxy groups -OCH3 is 1.